The van der Waals surface area contributed by atoms with Gasteiger partial charge in [-0.2, -0.15) is 0 Å². The predicted octanol–water partition coefficient (Wildman–Crippen LogP) is 1.31. The molecular weight excluding hydrogens is 284 g/mol. The number of para-hydroxylation sites is 1. The van der Waals surface area contributed by atoms with E-state index < -0.39 is 24.1 Å². The summed E-state index contributed by atoms with van der Waals surface area (Å²) in [5.41, 5.74) is 0.416. The molecule has 1 unspecified atom stereocenters. The minimum Gasteiger partial charge on any atom is -0.309 e. The number of urea groups is 2. The molecule has 1 aliphatic heterocycles. The lowest BCUT2D eigenvalue weighted by Gasteiger charge is -2.18. The molecule has 0 spiro atoms. The van der Waals surface area contributed by atoms with Crippen LogP contribution in [0, 0.1) is 0 Å². The maximum atomic E-state index is 11.8. The van der Waals surface area contributed by atoms with Crippen LogP contribution in [-0.2, 0) is 4.79 Å². The number of anilines is 1. The molecule has 0 saturated carbocycles. The molecule has 7 nitrogen and oxygen atoms in total. The van der Waals surface area contributed by atoms with Crippen LogP contribution in [0.1, 0.15) is 0 Å². The molecule has 8 heteroatoms. The quantitative estimate of drug-likeness (QED) is 0.807. The van der Waals surface area contributed by atoms with E-state index in [9.17, 15) is 14.4 Å². The van der Waals surface area contributed by atoms with Gasteiger partial charge in [0.25, 0.3) is 5.91 Å². The molecule has 1 atom stereocenters. The fourth-order valence-corrected chi connectivity index (χ4v) is 1.98. The first-order valence-electron chi connectivity index (χ1n) is 5.78. The highest BCUT2D eigenvalue weighted by Crippen LogP contribution is 2.20. The Morgan fingerprint density at radius 1 is 1.25 bits per heavy atom. The number of nitrogens with zero attached hydrogens (tertiary/aromatic N) is 2. The highest BCUT2D eigenvalue weighted by atomic mass is 35.5. The average molecular weight is 297 g/mol. The van der Waals surface area contributed by atoms with E-state index in [2.05, 4.69) is 10.6 Å². The number of carbonyl (C=O) groups is 3. The number of amides is 5. The normalized spacial score (nSPS) is 18.4. The lowest BCUT2D eigenvalue weighted by Crippen LogP contribution is -2.48. The minimum absolute atomic E-state index is 0.377. The van der Waals surface area contributed by atoms with Crippen molar-refractivity contribution in [1.29, 1.82) is 0 Å². The Labute approximate surface area is 120 Å². The summed E-state index contributed by atoms with van der Waals surface area (Å²) in [4.78, 5) is 37.3. The summed E-state index contributed by atoms with van der Waals surface area (Å²) in [5.74, 6) is -0.494. The molecule has 2 N–H and O–H groups in total. The van der Waals surface area contributed by atoms with Crippen LogP contribution in [-0.4, -0.2) is 48.0 Å². The van der Waals surface area contributed by atoms with Gasteiger partial charge >= 0.3 is 12.1 Å². The molecule has 1 heterocycles. The van der Waals surface area contributed by atoms with Gasteiger partial charge in [-0.25, -0.2) is 9.59 Å². The van der Waals surface area contributed by atoms with E-state index in [0.717, 1.165) is 9.80 Å². The maximum absolute atomic E-state index is 11.8. The number of imide groups is 1. The number of hydrogen-bond donors (Lipinski definition) is 2. The van der Waals surface area contributed by atoms with Gasteiger partial charge in [-0.3, -0.25) is 14.6 Å². The van der Waals surface area contributed by atoms with E-state index in [0.29, 0.717) is 10.7 Å². The Hall–Kier alpha value is -2.28. The van der Waals surface area contributed by atoms with E-state index in [-0.39, 0.29) is 0 Å². The van der Waals surface area contributed by atoms with Crippen molar-refractivity contribution in [2.45, 2.75) is 6.17 Å². The van der Waals surface area contributed by atoms with Crippen LogP contribution >= 0.6 is 11.6 Å². The molecule has 0 aliphatic carbocycles. The first-order chi connectivity index (χ1) is 9.41. The summed E-state index contributed by atoms with van der Waals surface area (Å²) >= 11 is 5.91. The smallest absolute Gasteiger partial charge is 0.309 e. The molecule has 1 saturated heterocycles. The first-order valence-corrected chi connectivity index (χ1v) is 6.16. The zero-order valence-electron chi connectivity index (χ0n) is 10.9. The molecule has 1 fully saturated rings. The summed E-state index contributed by atoms with van der Waals surface area (Å²) in [6.07, 6.45) is -1.02. The number of halogens is 1. The Balaban J connectivity index is 2.04. The van der Waals surface area contributed by atoms with E-state index in [1.807, 2.05) is 0 Å². The third-order valence-electron chi connectivity index (χ3n) is 2.93. The fourth-order valence-electron chi connectivity index (χ4n) is 1.79. The standard InChI is InChI=1S/C12H13ClN4O3/c1-16-9(10(18)17(2)12(16)20)15-11(19)14-8-6-4-3-5-7(8)13/h3-6,9H,1-2H3,(H2,14,15,19). The number of carbonyl (C=O) groups excluding carboxylic acids is 3. The maximum Gasteiger partial charge on any atom is 0.328 e. The van der Waals surface area contributed by atoms with E-state index in [1.54, 1.807) is 24.3 Å². The first kappa shape index (κ1) is 14.1. The average Bonchev–Trinajstić information content (AvgIpc) is 2.59. The van der Waals surface area contributed by atoms with Gasteiger partial charge < -0.3 is 10.6 Å². The van der Waals surface area contributed by atoms with E-state index in [4.69, 9.17) is 11.6 Å². The molecule has 2 rings (SSSR count). The van der Waals surface area contributed by atoms with E-state index in [1.165, 1.54) is 14.1 Å². The van der Waals surface area contributed by atoms with Crippen molar-refractivity contribution in [1.82, 2.24) is 15.1 Å². The fraction of sp³-hybridized carbons (Fsp3) is 0.250. The number of likely N-dealkylation sites (N-methyl/N-ethyl adjacent to an activating group) is 2. The Bertz CT molecular complexity index is 578. The lowest BCUT2D eigenvalue weighted by molar-refractivity contribution is -0.127. The minimum atomic E-state index is -1.02. The molecule has 106 valence electrons. The highest BCUT2D eigenvalue weighted by molar-refractivity contribution is 6.33. The summed E-state index contributed by atoms with van der Waals surface area (Å²) < 4.78 is 0. The van der Waals surface area contributed by atoms with Crippen molar-refractivity contribution in [3.05, 3.63) is 29.3 Å². The molecule has 1 aromatic carbocycles. The van der Waals surface area contributed by atoms with Gasteiger partial charge in [0.2, 0.25) is 0 Å². The second-order valence-corrected chi connectivity index (χ2v) is 4.68. The predicted molar refractivity (Wildman–Crippen MR) is 73.3 cm³/mol. The van der Waals surface area contributed by atoms with Crippen LogP contribution < -0.4 is 10.6 Å². The van der Waals surface area contributed by atoms with Crippen LogP contribution in [0.15, 0.2) is 24.3 Å². The Morgan fingerprint density at radius 3 is 2.45 bits per heavy atom. The van der Waals surface area contributed by atoms with Crippen LogP contribution in [0.3, 0.4) is 0 Å². The van der Waals surface area contributed by atoms with Gasteiger partial charge in [0, 0.05) is 14.1 Å². The van der Waals surface area contributed by atoms with Crippen molar-refractivity contribution >= 4 is 35.3 Å². The van der Waals surface area contributed by atoms with Crippen molar-refractivity contribution in [3.8, 4) is 0 Å². The van der Waals surface area contributed by atoms with Gasteiger partial charge in [-0.1, -0.05) is 23.7 Å². The topological polar surface area (TPSA) is 81.8 Å². The number of hydrogen-bond acceptors (Lipinski definition) is 3. The SMILES string of the molecule is CN1C(=O)C(NC(=O)Nc2ccccc2Cl)N(C)C1=O. The number of nitrogens with one attached hydrogen (secondary N) is 2. The van der Waals surface area contributed by atoms with Gasteiger partial charge in [-0.15, -0.1) is 0 Å². The van der Waals surface area contributed by atoms with Gasteiger partial charge in [0.15, 0.2) is 6.17 Å². The zero-order valence-corrected chi connectivity index (χ0v) is 11.6. The number of benzene rings is 1. The van der Waals surface area contributed by atoms with Crippen LogP contribution in [0.2, 0.25) is 5.02 Å². The van der Waals surface area contributed by atoms with E-state index >= 15 is 0 Å². The third kappa shape index (κ3) is 2.53. The van der Waals surface area contributed by atoms with Gasteiger partial charge in [0.05, 0.1) is 10.7 Å². The summed E-state index contributed by atoms with van der Waals surface area (Å²) in [5, 5.41) is 5.31. The largest absolute Gasteiger partial charge is 0.328 e. The summed E-state index contributed by atoms with van der Waals surface area (Å²) in [6.45, 7) is 0. The molecule has 0 radical (unpaired) electrons. The molecule has 0 aromatic heterocycles. The molecule has 5 amide bonds. The second-order valence-electron chi connectivity index (χ2n) is 4.27. The Morgan fingerprint density at radius 2 is 1.90 bits per heavy atom. The van der Waals surface area contributed by atoms with Gasteiger partial charge in [-0.05, 0) is 12.1 Å². The second kappa shape index (κ2) is 5.38. The molecule has 1 aromatic rings. The Kier molecular flexibility index (Phi) is 3.80. The molecule has 0 bridgehead atoms. The van der Waals surface area contributed by atoms with Crippen LogP contribution in [0.5, 0.6) is 0 Å². The molecular formula is C12H13ClN4O3. The molecule has 1 aliphatic rings. The van der Waals surface area contributed by atoms with Crippen molar-refractivity contribution < 1.29 is 14.4 Å². The monoisotopic (exact) mass is 296 g/mol. The highest BCUT2D eigenvalue weighted by Gasteiger charge is 2.41. The zero-order chi connectivity index (χ0) is 14.9. The van der Waals surface area contributed by atoms with Crippen molar-refractivity contribution in [2.75, 3.05) is 19.4 Å². The van der Waals surface area contributed by atoms with Crippen molar-refractivity contribution in [3.63, 3.8) is 0 Å². The van der Waals surface area contributed by atoms with Crippen LogP contribution in [0.25, 0.3) is 0 Å². The van der Waals surface area contributed by atoms with Crippen molar-refractivity contribution in [2.24, 2.45) is 0 Å². The molecule has 20 heavy (non-hydrogen) atoms. The summed E-state index contributed by atoms with van der Waals surface area (Å²) in [7, 11) is 2.79. The third-order valence-corrected chi connectivity index (χ3v) is 3.26. The van der Waals surface area contributed by atoms with Gasteiger partial charge in [0.1, 0.15) is 0 Å². The lowest BCUT2D eigenvalue weighted by atomic mass is 10.3. The summed E-state index contributed by atoms with van der Waals surface area (Å²) in [6, 6.07) is 5.60. The number of rotatable bonds is 2. The van der Waals surface area contributed by atoms with Crippen LogP contribution in [0.4, 0.5) is 15.3 Å².